The van der Waals surface area contributed by atoms with Gasteiger partial charge < -0.3 is 9.47 Å². The molecule has 3 aliphatic heterocycles. The lowest BCUT2D eigenvalue weighted by Gasteiger charge is -2.39. The molecule has 8 heteroatoms. The lowest BCUT2D eigenvalue weighted by molar-refractivity contribution is -0.188. The van der Waals surface area contributed by atoms with Gasteiger partial charge in [-0.1, -0.05) is 11.6 Å². The Labute approximate surface area is 149 Å². The van der Waals surface area contributed by atoms with Crippen LogP contribution < -0.4 is 4.90 Å². The molecule has 2 amide bonds. The van der Waals surface area contributed by atoms with Gasteiger partial charge in [0, 0.05) is 25.9 Å². The van der Waals surface area contributed by atoms with Crippen molar-refractivity contribution in [2.45, 2.75) is 31.1 Å². The van der Waals surface area contributed by atoms with Crippen LogP contribution in [-0.4, -0.2) is 54.8 Å². The number of halogens is 2. The van der Waals surface area contributed by atoms with Crippen LogP contribution in [0.5, 0.6) is 0 Å². The average Bonchev–Trinajstić information content (AvgIpc) is 3.16. The van der Waals surface area contributed by atoms with Gasteiger partial charge >= 0.3 is 0 Å². The summed E-state index contributed by atoms with van der Waals surface area (Å²) in [6.07, 6.45) is 1.46. The van der Waals surface area contributed by atoms with Crippen LogP contribution in [0.2, 0.25) is 5.02 Å². The fourth-order valence-corrected chi connectivity index (χ4v) is 3.93. The zero-order valence-corrected chi connectivity index (χ0v) is 14.3. The number of amides is 2. The summed E-state index contributed by atoms with van der Waals surface area (Å²) in [5.41, 5.74) is 0.305. The molecule has 134 valence electrons. The number of nitrogens with zero attached hydrogens (tertiary/aromatic N) is 2. The maximum absolute atomic E-state index is 13.3. The fourth-order valence-electron chi connectivity index (χ4n) is 3.76. The number of piperidine rings is 1. The van der Waals surface area contributed by atoms with Crippen molar-refractivity contribution in [2.24, 2.45) is 0 Å². The Morgan fingerprint density at radius 1 is 1.16 bits per heavy atom. The number of hydrogen-bond acceptors (Lipinski definition) is 5. The highest BCUT2D eigenvalue weighted by Gasteiger charge is 2.47. The van der Waals surface area contributed by atoms with E-state index in [0.29, 0.717) is 44.8 Å². The molecule has 0 unspecified atom stereocenters. The van der Waals surface area contributed by atoms with Crippen molar-refractivity contribution in [3.63, 3.8) is 0 Å². The first kappa shape index (κ1) is 16.9. The molecule has 0 saturated carbocycles. The molecular weight excluding hydrogens is 351 g/mol. The van der Waals surface area contributed by atoms with Crippen LogP contribution in [0.1, 0.15) is 19.3 Å². The molecule has 3 heterocycles. The van der Waals surface area contributed by atoms with Crippen LogP contribution in [0.25, 0.3) is 0 Å². The molecule has 1 aromatic carbocycles. The van der Waals surface area contributed by atoms with Crippen molar-refractivity contribution in [1.82, 2.24) is 4.90 Å². The Balaban J connectivity index is 1.48. The van der Waals surface area contributed by atoms with Gasteiger partial charge in [0.05, 0.1) is 36.4 Å². The molecule has 0 aliphatic carbocycles. The van der Waals surface area contributed by atoms with Crippen molar-refractivity contribution < 1.29 is 23.5 Å². The number of carbonyl (C=O) groups is 2. The quantitative estimate of drug-likeness (QED) is 0.747. The minimum absolute atomic E-state index is 0.114. The molecule has 3 saturated heterocycles. The van der Waals surface area contributed by atoms with Gasteiger partial charge in [-0.3, -0.25) is 14.5 Å². The summed E-state index contributed by atoms with van der Waals surface area (Å²) in [4.78, 5) is 28.3. The molecular formula is C17H18ClFN2O4. The number of carbonyl (C=O) groups excluding carboxylic acids is 2. The number of likely N-dealkylation sites (tertiary alicyclic amines) is 1. The second-order valence-electron chi connectivity index (χ2n) is 6.53. The summed E-state index contributed by atoms with van der Waals surface area (Å²) in [5.74, 6) is -1.70. The molecule has 1 aromatic rings. The largest absolute Gasteiger partial charge is 0.347 e. The zero-order chi connectivity index (χ0) is 17.6. The van der Waals surface area contributed by atoms with E-state index < -0.39 is 17.6 Å². The standard InChI is InChI=1S/C17H18ClFN2O4/c18-12-9-11(1-2-13(12)19)21-15(22)10-14(16(21)23)20-5-3-17(4-6-20)24-7-8-25-17/h1-2,9,14H,3-8,10H2/t14-/m1/s1. The smallest absolute Gasteiger partial charge is 0.251 e. The molecule has 4 rings (SSSR count). The summed E-state index contributed by atoms with van der Waals surface area (Å²) in [5, 5.41) is -0.114. The SMILES string of the molecule is O=C1C[C@@H](N2CCC3(CC2)OCCO3)C(=O)N1c1ccc(F)c(Cl)c1. The second kappa shape index (κ2) is 6.32. The minimum Gasteiger partial charge on any atom is -0.347 e. The monoisotopic (exact) mass is 368 g/mol. The first-order valence-corrected chi connectivity index (χ1v) is 8.71. The predicted molar refractivity (Wildman–Crippen MR) is 87.8 cm³/mol. The Morgan fingerprint density at radius 2 is 1.84 bits per heavy atom. The van der Waals surface area contributed by atoms with Crippen molar-refractivity contribution in [3.8, 4) is 0 Å². The van der Waals surface area contributed by atoms with E-state index in [-0.39, 0.29) is 23.3 Å². The third-order valence-electron chi connectivity index (χ3n) is 5.10. The predicted octanol–water partition coefficient (Wildman–Crippen LogP) is 1.95. The van der Waals surface area contributed by atoms with Crippen LogP contribution in [0.4, 0.5) is 10.1 Å². The summed E-state index contributed by atoms with van der Waals surface area (Å²) < 4.78 is 24.7. The molecule has 0 aromatic heterocycles. The first-order valence-electron chi connectivity index (χ1n) is 8.33. The van der Waals surface area contributed by atoms with E-state index in [1.54, 1.807) is 0 Å². The Morgan fingerprint density at radius 3 is 2.48 bits per heavy atom. The van der Waals surface area contributed by atoms with Gasteiger partial charge in [-0.15, -0.1) is 0 Å². The lowest BCUT2D eigenvalue weighted by atomic mass is 10.0. The maximum atomic E-state index is 13.3. The van der Waals surface area contributed by atoms with Crippen LogP contribution in [0, 0.1) is 5.82 Å². The van der Waals surface area contributed by atoms with E-state index in [0.717, 1.165) is 11.0 Å². The third kappa shape index (κ3) is 2.95. The third-order valence-corrected chi connectivity index (χ3v) is 5.39. The van der Waals surface area contributed by atoms with Gasteiger partial charge in [0.25, 0.3) is 5.91 Å². The Kier molecular flexibility index (Phi) is 4.27. The molecule has 0 bridgehead atoms. The topological polar surface area (TPSA) is 59.1 Å². The summed E-state index contributed by atoms with van der Waals surface area (Å²) >= 11 is 5.78. The second-order valence-corrected chi connectivity index (χ2v) is 6.94. The van der Waals surface area contributed by atoms with Crippen LogP contribution in [0.3, 0.4) is 0 Å². The van der Waals surface area contributed by atoms with Crippen LogP contribution in [0.15, 0.2) is 18.2 Å². The minimum atomic E-state index is -0.584. The van der Waals surface area contributed by atoms with E-state index in [1.807, 2.05) is 4.90 Å². The molecule has 0 N–H and O–H groups in total. The Hall–Kier alpha value is -1.54. The molecule has 25 heavy (non-hydrogen) atoms. The molecule has 1 atom stereocenters. The van der Waals surface area contributed by atoms with E-state index in [2.05, 4.69) is 0 Å². The van der Waals surface area contributed by atoms with Gasteiger partial charge in [-0.05, 0) is 18.2 Å². The van der Waals surface area contributed by atoms with Crippen LogP contribution >= 0.6 is 11.6 Å². The number of benzene rings is 1. The number of rotatable bonds is 2. The molecule has 1 spiro atoms. The highest BCUT2D eigenvalue weighted by molar-refractivity contribution is 6.31. The van der Waals surface area contributed by atoms with Crippen molar-refractivity contribution in [3.05, 3.63) is 29.0 Å². The molecule has 0 radical (unpaired) electrons. The van der Waals surface area contributed by atoms with Crippen LogP contribution in [-0.2, 0) is 19.1 Å². The highest BCUT2D eigenvalue weighted by atomic mass is 35.5. The summed E-state index contributed by atoms with van der Waals surface area (Å²) in [6.45, 7) is 2.45. The fraction of sp³-hybridized carbons (Fsp3) is 0.529. The summed E-state index contributed by atoms with van der Waals surface area (Å²) in [7, 11) is 0. The average molecular weight is 369 g/mol. The zero-order valence-electron chi connectivity index (χ0n) is 13.5. The first-order chi connectivity index (χ1) is 12.0. The highest BCUT2D eigenvalue weighted by Crippen LogP contribution is 2.35. The van der Waals surface area contributed by atoms with Crippen molar-refractivity contribution >= 4 is 29.1 Å². The van der Waals surface area contributed by atoms with Crippen molar-refractivity contribution in [1.29, 1.82) is 0 Å². The van der Waals surface area contributed by atoms with Gasteiger partial charge in [-0.25, -0.2) is 9.29 Å². The number of imide groups is 1. The Bertz CT molecular complexity index is 713. The number of anilines is 1. The van der Waals surface area contributed by atoms with Gasteiger partial charge in [-0.2, -0.15) is 0 Å². The van der Waals surface area contributed by atoms with E-state index in [4.69, 9.17) is 21.1 Å². The lowest BCUT2D eigenvalue weighted by Crippen LogP contribution is -2.51. The van der Waals surface area contributed by atoms with E-state index >= 15 is 0 Å². The summed E-state index contributed by atoms with van der Waals surface area (Å²) in [6, 6.07) is 3.35. The molecule has 6 nitrogen and oxygen atoms in total. The maximum Gasteiger partial charge on any atom is 0.251 e. The molecule has 3 aliphatic rings. The van der Waals surface area contributed by atoms with Gasteiger partial charge in [0.2, 0.25) is 5.91 Å². The number of hydrogen-bond donors (Lipinski definition) is 0. The number of ether oxygens (including phenoxy) is 2. The van der Waals surface area contributed by atoms with E-state index in [1.165, 1.54) is 12.1 Å². The van der Waals surface area contributed by atoms with Crippen molar-refractivity contribution in [2.75, 3.05) is 31.2 Å². The molecule has 3 fully saturated rings. The van der Waals surface area contributed by atoms with E-state index in [9.17, 15) is 14.0 Å². The van der Waals surface area contributed by atoms with Gasteiger partial charge in [0.15, 0.2) is 5.79 Å². The van der Waals surface area contributed by atoms with Gasteiger partial charge in [0.1, 0.15) is 5.82 Å². The normalized spacial score (nSPS) is 26.8.